The standard InChI is InChI=1S/C11H18N3O6P/c1-6-4-14(11(16)13-10(6)12)9-3-7(15)8(20-9)5-19-21(2,17)18/h4,7-9,15H,3,5H2,1-2H3,(H,17,18)(H2,12,13,16)/t7-,8-,9-/m1/s1. The van der Waals surface area contributed by atoms with Gasteiger partial charge in [-0.25, -0.2) is 4.79 Å². The second-order valence-electron chi connectivity index (χ2n) is 5.03. The third-order valence-corrected chi connectivity index (χ3v) is 3.79. The lowest BCUT2D eigenvalue weighted by atomic mass is 10.2. The van der Waals surface area contributed by atoms with Crippen molar-refractivity contribution < 1.29 is 23.8 Å². The molecule has 10 heteroatoms. The predicted octanol–water partition coefficient (Wildman–Crippen LogP) is -0.386. The zero-order chi connectivity index (χ0) is 15.8. The summed E-state index contributed by atoms with van der Waals surface area (Å²) >= 11 is 0. The Morgan fingerprint density at radius 3 is 2.95 bits per heavy atom. The number of aliphatic hydroxyl groups is 1. The van der Waals surface area contributed by atoms with Crippen LogP contribution in [0.1, 0.15) is 18.2 Å². The Morgan fingerprint density at radius 1 is 1.67 bits per heavy atom. The van der Waals surface area contributed by atoms with E-state index < -0.39 is 31.7 Å². The lowest BCUT2D eigenvalue weighted by Crippen LogP contribution is -2.29. The van der Waals surface area contributed by atoms with Crippen LogP contribution < -0.4 is 11.4 Å². The van der Waals surface area contributed by atoms with E-state index in [1.165, 1.54) is 10.8 Å². The number of aromatic nitrogens is 2. The zero-order valence-electron chi connectivity index (χ0n) is 11.7. The van der Waals surface area contributed by atoms with Crippen molar-refractivity contribution in [1.29, 1.82) is 0 Å². The van der Waals surface area contributed by atoms with Gasteiger partial charge in [0.1, 0.15) is 18.1 Å². The lowest BCUT2D eigenvalue weighted by molar-refractivity contribution is -0.0421. The van der Waals surface area contributed by atoms with Gasteiger partial charge >= 0.3 is 13.3 Å². The summed E-state index contributed by atoms with van der Waals surface area (Å²) in [5, 5.41) is 9.90. The minimum absolute atomic E-state index is 0.141. The molecule has 2 heterocycles. The van der Waals surface area contributed by atoms with E-state index >= 15 is 0 Å². The van der Waals surface area contributed by atoms with Gasteiger partial charge in [0, 0.05) is 24.8 Å². The fourth-order valence-electron chi connectivity index (χ4n) is 2.03. The van der Waals surface area contributed by atoms with Crippen LogP contribution in [0.5, 0.6) is 0 Å². The van der Waals surface area contributed by atoms with Crippen LogP contribution in [0.3, 0.4) is 0 Å². The molecule has 4 atom stereocenters. The first kappa shape index (κ1) is 16.1. The van der Waals surface area contributed by atoms with E-state index in [1.54, 1.807) is 6.92 Å². The predicted molar refractivity (Wildman–Crippen MR) is 73.9 cm³/mol. The summed E-state index contributed by atoms with van der Waals surface area (Å²) in [5.41, 5.74) is 5.57. The Bertz CT molecular complexity index is 627. The van der Waals surface area contributed by atoms with Gasteiger partial charge in [-0.2, -0.15) is 4.98 Å². The van der Waals surface area contributed by atoms with Crippen LogP contribution in [0.4, 0.5) is 5.82 Å². The highest BCUT2D eigenvalue weighted by atomic mass is 31.2. The Kier molecular flexibility index (Phi) is 4.50. The van der Waals surface area contributed by atoms with Crippen LogP contribution in [-0.2, 0) is 13.8 Å². The van der Waals surface area contributed by atoms with Crippen LogP contribution >= 0.6 is 7.60 Å². The SMILES string of the molecule is Cc1cn([C@H]2C[C@@H](O)[C@@H](COP(C)(=O)O)O2)c(=O)nc1N. The molecule has 4 N–H and O–H groups in total. The van der Waals surface area contributed by atoms with Gasteiger partial charge in [0.15, 0.2) is 0 Å². The smallest absolute Gasteiger partial charge is 0.351 e. The highest BCUT2D eigenvalue weighted by Gasteiger charge is 2.36. The third-order valence-electron chi connectivity index (χ3n) is 3.17. The van der Waals surface area contributed by atoms with E-state index in [2.05, 4.69) is 4.98 Å². The summed E-state index contributed by atoms with van der Waals surface area (Å²) in [5.74, 6) is 0.141. The maximum absolute atomic E-state index is 11.8. The Hall–Kier alpha value is -1.25. The van der Waals surface area contributed by atoms with Crippen molar-refractivity contribution >= 4 is 13.4 Å². The maximum atomic E-state index is 11.8. The van der Waals surface area contributed by atoms with Gasteiger partial charge in [-0.15, -0.1) is 0 Å². The Balaban J connectivity index is 2.12. The average molecular weight is 319 g/mol. The van der Waals surface area contributed by atoms with Gasteiger partial charge in [0.25, 0.3) is 0 Å². The molecule has 1 aliphatic heterocycles. The van der Waals surface area contributed by atoms with Crippen molar-refractivity contribution in [2.24, 2.45) is 0 Å². The minimum Gasteiger partial charge on any atom is -0.390 e. The molecule has 0 aliphatic carbocycles. The quantitative estimate of drug-likeness (QED) is 0.638. The molecule has 1 unspecified atom stereocenters. The molecule has 0 amide bonds. The zero-order valence-corrected chi connectivity index (χ0v) is 12.6. The Morgan fingerprint density at radius 2 is 2.33 bits per heavy atom. The van der Waals surface area contributed by atoms with E-state index in [4.69, 9.17) is 19.9 Å². The molecule has 1 aliphatic rings. The third kappa shape index (κ3) is 3.90. The first-order valence-electron chi connectivity index (χ1n) is 6.31. The number of nitrogens with two attached hydrogens (primary N) is 1. The summed E-state index contributed by atoms with van der Waals surface area (Å²) in [6, 6.07) is 0. The molecule has 118 valence electrons. The molecule has 1 aromatic rings. The van der Waals surface area contributed by atoms with Gasteiger partial charge in [-0.1, -0.05) is 0 Å². The summed E-state index contributed by atoms with van der Waals surface area (Å²) in [4.78, 5) is 24.5. The average Bonchev–Trinajstić information content (AvgIpc) is 2.72. The van der Waals surface area contributed by atoms with E-state index in [0.717, 1.165) is 6.66 Å². The Labute approximate surface area is 120 Å². The van der Waals surface area contributed by atoms with Crippen LogP contribution in [-0.4, -0.2) is 45.0 Å². The van der Waals surface area contributed by atoms with Gasteiger partial charge in [-0.3, -0.25) is 9.13 Å². The first-order chi connectivity index (χ1) is 9.67. The van der Waals surface area contributed by atoms with Gasteiger partial charge in [0.05, 0.1) is 12.7 Å². The fourth-order valence-corrected chi connectivity index (χ4v) is 2.46. The largest absolute Gasteiger partial charge is 0.390 e. The van der Waals surface area contributed by atoms with E-state index in [0.29, 0.717) is 5.56 Å². The molecule has 0 aromatic carbocycles. The minimum atomic E-state index is -3.65. The number of ether oxygens (including phenoxy) is 1. The van der Waals surface area contributed by atoms with E-state index in [9.17, 15) is 14.5 Å². The highest BCUT2D eigenvalue weighted by Crippen LogP contribution is 2.38. The molecular weight excluding hydrogens is 301 g/mol. The van der Waals surface area contributed by atoms with Gasteiger partial charge < -0.3 is 25.0 Å². The second kappa shape index (κ2) is 5.86. The number of rotatable bonds is 4. The first-order valence-corrected chi connectivity index (χ1v) is 8.33. The summed E-state index contributed by atoms with van der Waals surface area (Å²) < 4.78 is 22.6. The van der Waals surface area contributed by atoms with Crippen molar-refractivity contribution in [3.8, 4) is 0 Å². The molecular formula is C11H18N3O6P. The summed E-state index contributed by atoms with van der Waals surface area (Å²) in [6.45, 7) is 2.50. The number of aliphatic hydroxyl groups excluding tert-OH is 1. The number of hydrogen-bond donors (Lipinski definition) is 3. The van der Waals surface area contributed by atoms with Gasteiger partial charge in [-0.05, 0) is 6.92 Å². The number of nitrogen functional groups attached to an aromatic ring is 1. The fraction of sp³-hybridized carbons (Fsp3) is 0.636. The number of anilines is 1. The maximum Gasteiger partial charge on any atom is 0.351 e. The van der Waals surface area contributed by atoms with E-state index in [1.807, 2.05) is 0 Å². The molecule has 0 bridgehead atoms. The van der Waals surface area contributed by atoms with Gasteiger partial charge in [0.2, 0.25) is 0 Å². The molecule has 0 saturated carbocycles. The molecule has 1 fully saturated rings. The van der Waals surface area contributed by atoms with Crippen LogP contribution in [0, 0.1) is 6.92 Å². The van der Waals surface area contributed by atoms with Crippen LogP contribution in [0.25, 0.3) is 0 Å². The van der Waals surface area contributed by atoms with E-state index in [-0.39, 0.29) is 18.8 Å². The molecule has 9 nitrogen and oxygen atoms in total. The molecule has 1 aromatic heterocycles. The molecule has 21 heavy (non-hydrogen) atoms. The second-order valence-corrected chi connectivity index (χ2v) is 6.89. The van der Waals surface area contributed by atoms with Crippen LogP contribution in [0.2, 0.25) is 0 Å². The topological polar surface area (TPSA) is 137 Å². The highest BCUT2D eigenvalue weighted by molar-refractivity contribution is 7.51. The lowest BCUT2D eigenvalue weighted by Gasteiger charge is -2.17. The van der Waals surface area contributed by atoms with Crippen molar-refractivity contribution in [2.45, 2.75) is 31.8 Å². The molecule has 1 saturated heterocycles. The molecule has 0 radical (unpaired) electrons. The number of hydrogen-bond acceptors (Lipinski definition) is 7. The normalized spacial score (nSPS) is 28.5. The summed E-state index contributed by atoms with van der Waals surface area (Å²) in [7, 11) is -3.65. The van der Waals surface area contributed by atoms with Crippen molar-refractivity contribution in [3.05, 3.63) is 22.2 Å². The van der Waals surface area contributed by atoms with Crippen molar-refractivity contribution in [2.75, 3.05) is 19.0 Å². The monoisotopic (exact) mass is 319 g/mol. The molecule has 0 spiro atoms. The number of aryl methyl sites for hydroxylation is 1. The van der Waals surface area contributed by atoms with Crippen molar-refractivity contribution in [1.82, 2.24) is 9.55 Å². The number of nitrogens with zero attached hydrogens (tertiary/aromatic N) is 2. The van der Waals surface area contributed by atoms with Crippen molar-refractivity contribution in [3.63, 3.8) is 0 Å². The van der Waals surface area contributed by atoms with Crippen LogP contribution in [0.15, 0.2) is 11.0 Å². The molecule has 2 rings (SSSR count). The summed E-state index contributed by atoms with van der Waals surface area (Å²) in [6.07, 6.45) is -0.769.